The number of carbonyl (C=O) groups is 3. The molecule has 0 aliphatic rings. The van der Waals surface area contributed by atoms with Crippen LogP contribution < -0.4 is 10.1 Å². The summed E-state index contributed by atoms with van der Waals surface area (Å²) in [5.74, 6) is -0.524. The van der Waals surface area contributed by atoms with Gasteiger partial charge in [0.2, 0.25) is 0 Å². The van der Waals surface area contributed by atoms with Crippen molar-refractivity contribution in [3.8, 4) is 11.8 Å². The lowest BCUT2D eigenvalue weighted by Crippen LogP contribution is -2.25. The van der Waals surface area contributed by atoms with Crippen LogP contribution in [0.25, 0.3) is 6.08 Å². The van der Waals surface area contributed by atoms with E-state index < -0.39 is 5.97 Å². The van der Waals surface area contributed by atoms with Crippen LogP contribution in [0.4, 0.5) is 0 Å². The molecule has 0 bridgehead atoms. The molecule has 8 heteroatoms. The highest BCUT2D eigenvalue weighted by Crippen LogP contribution is 2.23. The fraction of sp³-hybridized carbons (Fsp3) is 0.226. The number of hydrogen-bond donors (Lipinski definition) is 1. The highest BCUT2D eigenvalue weighted by molar-refractivity contribution is 5.94. The summed E-state index contributed by atoms with van der Waals surface area (Å²) in [6.07, 6.45) is 4.93. The van der Waals surface area contributed by atoms with Gasteiger partial charge in [0.1, 0.15) is 12.4 Å². The SMILES string of the molecule is COC(=O)COc1ccc(CCNC(=O)c2ccc(C#N)cc2)cc1C=CCCC(=O)OCc1ccccc1. The minimum absolute atomic E-state index is 0.225. The minimum Gasteiger partial charge on any atom is -0.481 e. The molecule has 0 radical (unpaired) electrons. The number of nitrogens with zero attached hydrogens (tertiary/aromatic N) is 1. The maximum atomic E-state index is 12.4. The Balaban J connectivity index is 1.56. The first kappa shape index (κ1) is 28.7. The third-order valence-electron chi connectivity index (χ3n) is 5.68. The zero-order chi connectivity index (χ0) is 27.9. The zero-order valence-corrected chi connectivity index (χ0v) is 21.7. The number of allylic oxidation sites excluding steroid dienone is 1. The van der Waals surface area contributed by atoms with E-state index in [1.807, 2.05) is 60.7 Å². The fourth-order valence-electron chi connectivity index (χ4n) is 3.55. The normalized spacial score (nSPS) is 10.5. The van der Waals surface area contributed by atoms with Crippen LogP contribution in [-0.2, 0) is 32.1 Å². The van der Waals surface area contributed by atoms with Crippen molar-refractivity contribution in [1.82, 2.24) is 5.32 Å². The van der Waals surface area contributed by atoms with Gasteiger partial charge in [-0.1, -0.05) is 48.6 Å². The second-order valence-electron chi connectivity index (χ2n) is 8.52. The van der Waals surface area contributed by atoms with Crippen LogP contribution in [0, 0.1) is 11.3 Å². The van der Waals surface area contributed by atoms with Gasteiger partial charge in [0, 0.05) is 24.1 Å². The molecule has 0 aromatic heterocycles. The molecule has 0 saturated heterocycles. The van der Waals surface area contributed by atoms with Gasteiger partial charge in [-0.25, -0.2) is 4.79 Å². The molecule has 0 atom stereocenters. The topological polar surface area (TPSA) is 115 Å². The molecule has 3 rings (SSSR count). The maximum absolute atomic E-state index is 12.4. The molecular weight excluding hydrogens is 496 g/mol. The lowest BCUT2D eigenvalue weighted by Gasteiger charge is -2.11. The molecule has 1 amide bonds. The van der Waals surface area contributed by atoms with E-state index in [0.29, 0.717) is 36.3 Å². The number of carbonyl (C=O) groups excluding carboxylic acids is 3. The molecule has 3 aromatic rings. The highest BCUT2D eigenvalue weighted by Gasteiger charge is 2.09. The molecule has 1 N–H and O–H groups in total. The van der Waals surface area contributed by atoms with Crippen molar-refractivity contribution >= 4 is 23.9 Å². The number of nitrogens with one attached hydrogen (secondary N) is 1. The predicted molar refractivity (Wildman–Crippen MR) is 146 cm³/mol. The lowest BCUT2D eigenvalue weighted by atomic mass is 10.1. The molecule has 39 heavy (non-hydrogen) atoms. The summed E-state index contributed by atoms with van der Waals surface area (Å²) in [7, 11) is 1.29. The molecule has 0 heterocycles. The molecule has 3 aromatic carbocycles. The average molecular weight is 527 g/mol. The molecule has 200 valence electrons. The van der Waals surface area contributed by atoms with Gasteiger partial charge in [-0.2, -0.15) is 5.26 Å². The van der Waals surface area contributed by atoms with Crippen molar-refractivity contribution in [2.24, 2.45) is 0 Å². The number of esters is 2. The van der Waals surface area contributed by atoms with Crippen molar-refractivity contribution in [2.75, 3.05) is 20.3 Å². The third-order valence-corrected chi connectivity index (χ3v) is 5.68. The number of ether oxygens (including phenoxy) is 3. The first-order chi connectivity index (χ1) is 19.0. The second-order valence-corrected chi connectivity index (χ2v) is 8.52. The Kier molecular flexibility index (Phi) is 11.3. The number of amides is 1. The van der Waals surface area contributed by atoms with Crippen molar-refractivity contribution in [3.05, 3.63) is 107 Å². The van der Waals surface area contributed by atoms with Crippen LogP contribution in [0.2, 0.25) is 0 Å². The van der Waals surface area contributed by atoms with Crippen molar-refractivity contribution in [3.63, 3.8) is 0 Å². The van der Waals surface area contributed by atoms with Crippen LogP contribution in [0.15, 0.2) is 78.9 Å². The van der Waals surface area contributed by atoms with Gasteiger partial charge in [0.05, 0.1) is 18.7 Å². The summed E-state index contributed by atoms with van der Waals surface area (Å²) in [5.41, 5.74) is 3.57. The second kappa shape index (κ2) is 15.4. The van der Waals surface area contributed by atoms with E-state index in [0.717, 1.165) is 16.7 Å². The Morgan fingerprint density at radius 3 is 2.44 bits per heavy atom. The first-order valence-corrected chi connectivity index (χ1v) is 12.5. The molecule has 0 unspecified atom stereocenters. The molecule has 0 fully saturated rings. The van der Waals surface area contributed by atoms with Gasteiger partial charge in [-0.05, 0) is 60.4 Å². The molecule has 0 aliphatic carbocycles. The Hall–Kier alpha value is -4.90. The highest BCUT2D eigenvalue weighted by atomic mass is 16.6. The lowest BCUT2D eigenvalue weighted by molar-refractivity contribution is -0.145. The third kappa shape index (κ3) is 9.82. The molecule has 0 spiro atoms. The van der Waals surface area contributed by atoms with Crippen molar-refractivity contribution < 1.29 is 28.6 Å². The van der Waals surface area contributed by atoms with E-state index in [9.17, 15) is 14.4 Å². The quantitative estimate of drug-likeness (QED) is 0.323. The Morgan fingerprint density at radius 1 is 0.949 bits per heavy atom. The average Bonchev–Trinajstić information content (AvgIpc) is 2.98. The van der Waals surface area contributed by atoms with Crippen LogP contribution >= 0.6 is 0 Å². The monoisotopic (exact) mass is 526 g/mol. The van der Waals surface area contributed by atoms with Gasteiger partial charge in [-0.15, -0.1) is 0 Å². The Bertz CT molecular complexity index is 1330. The summed E-state index contributed by atoms with van der Waals surface area (Å²) in [6.45, 7) is 0.402. The largest absolute Gasteiger partial charge is 0.481 e. The molecule has 0 aliphatic heterocycles. The molecular formula is C31H30N2O6. The zero-order valence-electron chi connectivity index (χ0n) is 21.7. The minimum atomic E-state index is -0.499. The van der Waals surface area contributed by atoms with E-state index in [4.69, 9.17) is 14.7 Å². The Labute approximate surface area is 227 Å². The molecule has 8 nitrogen and oxygen atoms in total. The van der Waals surface area contributed by atoms with E-state index in [2.05, 4.69) is 10.1 Å². The van der Waals surface area contributed by atoms with Crippen LogP contribution in [0.5, 0.6) is 5.75 Å². The summed E-state index contributed by atoms with van der Waals surface area (Å²) in [6, 6.07) is 23.5. The molecule has 0 saturated carbocycles. The summed E-state index contributed by atoms with van der Waals surface area (Å²) < 4.78 is 15.6. The van der Waals surface area contributed by atoms with Gasteiger partial charge in [0.25, 0.3) is 5.91 Å². The van der Waals surface area contributed by atoms with E-state index in [1.54, 1.807) is 30.3 Å². The first-order valence-electron chi connectivity index (χ1n) is 12.5. The predicted octanol–water partition coefficient (Wildman–Crippen LogP) is 4.62. The smallest absolute Gasteiger partial charge is 0.343 e. The van der Waals surface area contributed by atoms with Crippen molar-refractivity contribution in [2.45, 2.75) is 25.9 Å². The number of hydrogen-bond acceptors (Lipinski definition) is 7. The summed E-state index contributed by atoms with van der Waals surface area (Å²) in [5, 5.41) is 11.8. The number of benzene rings is 3. The van der Waals surface area contributed by atoms with Gasteiger partial charge >= 0.3 is 11.9 Å². The summed E-state index contributed by atoms with van der Waals surface area (Å²) >= 11 is 0. The maximum Gasteiger partial charge on any atom is 0.343 e. The Morgan fingerprint density at radius 2 is 1.72 bits per heavy atom. The summed E-state index contributed by atoms with van der Waals surface area (Å²) in [4.78, 5) is 36.0. The van der Waals surface area contributed by atoms with Crippen LogP contribution in [0.1, 0.15) is 45.5 Å². The van der Waals surface area contributed by atoms with Crippen molar-refractivity contribution in [1.29, 1.82) is 5.26 Å². The van der Waals surface area contributed by atoms with E-state index >= 15 is 0 Å². The number of nitriles is 1. The van der Waals surface area contributed by atoms with Crippen LogP contribution in [0.3, 0.4) is 0 Å². The van der Waals surface area contributed by atoms with E-state index in [1.165, 1.54) is 7.11 Å². The van der Waals surface area contributed by atoms with E-state index in [-0.39, 0.29) is 31.5 Å². The standard InChI is InChI=1S/C31H30N2O6/c1-37-30(35)22-38-28-16-13-23(17-18-33-31(36)26-14-11-24(20-32)12-15-26)19-27(28)9-5-6-10-29(34)39-21-25-7-3-2-4-8-25/h2-5,7-9,11-16,19H,6,10,17-18,21-22H2,1H3,(H,33,36). The number of methoxy groups -OCH3 is 1. The van der Waals surface area contributed by atoms with Gasteiger partial charge in [0.15, 0.2) is 6.61 Å². The van der Waals surface area contributed by atoms with Gasteiger partial charge < -0.3 is 19.5 Å². The van der Waals surface area contributed by atoms with Crippen LogP contribution in [-0.4, -0.2) is 38.1 Å². The van der Waals surface area contributed by atoms with Gasteiger partial charge in [-0.3, -0.25) is 9.59 Å². The number of rotatable bonds is 13. The fourth-order valence-corrected chi connectivity index (χ4v) is 3.55.